The van der Waals surface area contributed by atoms with Crippen LogP contribution < -0.4 is 5.32 Å². The summed E-state index contributed by atoms with van der Waals surface area (Å²) >= 11 is 16.9. The Morgan fingerprint density at radius 3 is 2.32 bits per heavy atom. The standard InChI is InChI=1S/C20H14BrCl2NO3S/c21-12-6-4-11(5-7-12)19-18(20(26)27)16(10-28-19)24-17(25)9-8-13-14(22)2-1-3-15(13)23/h1-7,10H,8-9H2,(H,24,25)(H,26,27). The fraction of sp³-hybridized carbons (Fsp3) is 0.100. The van der Waals surface area contributed by atoms with Gasteiger partial charge in [0.25, 0.3) is 0 Å². The van der Waals surface area contributed by atoms with Crippen LogP contribution in [0.2, 0.25) is 10.0 Å². The maximum atomic E-state index is 12.4. The lowest BCUT2D eigenvalue weighted by molar-refractivity contribution is -0.116. The van der Waals surface area contributed by atoms with Crippen LogP contribution in [-0.4, -0.2) is 17.0 Å². The van der Waals surface area contributed by atoms with Crippen molar-refractivity contribution in [2.75, 3.05) is 5.32 Å². The number of carbonyl (C=O) groups excluding carboxylic acids is 1. The third-order valence-corrected chi connectivity index (χ3v) is 6.32. The molecule has 2 N–H and O–H groups in total. The molecule has 1 heterocycles. The fourth-order valence-corrected chi connectivity index (χ4v) is 4.55. The van der Waals surface area contributed by atoms with Crippen LogP contribution in [0.5, 0.6) is 0 Å². The third kappa shape index (κ3) is 4.75. The van der Waals surface area contributed by atoms with Gasteiger partial charge in [-0.15, -0.1) is 11.3 Å². The van der Waals surface area contributed by atoms with Crippen LogP contribution in [0.1, 0.15) is 22.3 Å². The van der Waals surface area contributed by atoms with Crippen molar-refractivity contribution in [3.8, 4) is 10.4 Å². The molecule has 0 saturated heterocycles. The van der Waals surface area contributed by atoms with Crippen molar-refractivity contribution in [2.24, 2.45) is 0 Å². The summed E-state index contributed by atoms with van der Waals surface area (Å²) in [5.74, 6) is -1.40. The Morgan fingerprint density at radius 1 is 1.07 bits per heavy atom. The summed E-state index contributed by atoms with van der Waals surface area (Å²) in [5, 5.41) is 15.0. The van der Waals surface area contributed by atoms with E-state index < -0.39 is 5.97 Å². The van der Waals surface area contributed by atoms with E-state index in [2.05, 4.69) is 21.2 Å². The Bertz CT molecular complexity index is 1010. The van der Waals surface area contributed by atoms with E-state index in [0.29, 0.717) is 26.9 Å². The molecule has 0 bridgehead atoms. The number of carboxylic acid groups (broad SMARTS) is 1. The van der Waals surface area contributed by atoms with E-state index in [1.54, 1.807) is 23.6 Å². The first kappa shape index (κ1) is 20.9. The zero-order valence-corrected chi connectivity index (χ0v) is 18.3. The first-order chi connectivity index (χ1) is 13.4. The number of nitrogens with one attached hydrogen (secondary N) is 1. The molecule has 28 heavy (non-hydrogen) atoms. The molecule has 8 heteroatoms. The van der Waals surface area contributed by atoms with Crippen LogP contribution in [-0.2, 0) is 11.2 Å². The first-order valence-corrected chi connectivity index (χ1v) is 10.6. The van der Waals surface area contributed by atoms with Crippen LogP contribution in [0.4, 0.5) is 5.69 Å². The molecule has 4 nitrogen and oxygen atoms in total. The van der Waals surface area contributed by atoms with Gasteiger partial charge >= 0.3 is 5.97 Å². The molecule has 0 aliphatic heterocycles. The lowest BCUT2D eigenvalue weighted by atomic mass is 10.1. The summed E-state index contributed by atoms with van der Waals surface area (Å²) in [6.45, 7) is 0. The molecule has 1 amide bonds. The average molecular weight is 499 g/mol. The molecule has 1 aromatic heterocycles. The molecule has 0 fully saturated rings. The minimum Gasteiger partial charge on any atom is -0.478 e. The molecule has 3 rings (SSSR count). The van der Waals surface area contributed by atoms with Crippen molar-refractivity contribution in [1.29, 1.82) is 0 Å². The predicted molar refractivity (Wildman–Crippen MR) is 118 cm³/mol. The van der Waals surface area contributed by atoms with Gasteiger partial charge in [-0.25, -0.2) is 4.79 Å². The zero-order chi connectivity index (χ0) is 20.3. The summed E-state index contributed by atoms with van der Waals surface area (Å²) in [7, 11) is 0. The van der Waals surface area contributed by atoms with Gasteiger partial charge in [0.15, 0.2) is 0 Å². The fourth-order valence-electron chi connectivity index (χ4n) is 2.70. The van der Waals surface area contributed by atoms with E-state index in [0.717, 1.165) is 10.0 Å². The van der Waals surface area contributed by atoms with E-state index in [1.165, 1.54) is 11.3 Å². The summed E-state index contributed by atoms with van der Waals surface area (Å²) in [4.78, 5) is 24.8. The first-order valence-electron chi connectivity index (χ1n) is 8.20. The highest BCUT2D eigenvalue weighted by Gasteiger charge is 2.21. The summed E-state index contributed by atoms with van der Waals surface area (Å²) in [6.07, 6.45) is 0.489. The highest BCUT2D eigenvalue weighted by molar-refractivity contribution is 9.10. The molecule has 2 aromatic carbocycles. The van der Waals surface area contributed by atoms with Gasteiger partial charge in [0.2, 0.25) is 5.91 Å². The second-order valence-electron chi connectivity index (χ2n) is 5.91. The highest BCUT2D eigenvalue weighted by Crippen LogP contribution is 2.36. The zero-order valence-electron chi connectivity index (χ0n) is 14.3. The normalized spacial score (nSPS) is 10.7. The SMILES string of the molecule is O=C(CCc1c(Cl)cccc1Cl)Nc1csc(-c2ccc(Br)cc2)c1C(=O)O. The number of carbonyl (C=O) groups is 2. The van der Waals surface area contributed by atoms with Crippen LogP contribution in [0.15, 0.2) is 52.3 Å². The second kappa shape index (κ2) is 9.09. The number of halogens is 3. The smallest absolute Gasteiger partial charge is 0.339 e. The summed E-state index contributed by atoms with van der Waals surface area (Å²) in [6, 6.07) is 12.5. The van der Waals surface area contributed by atoms with Gasteiger partial charge in [-0.2, -0.15) is 0 Å². The molecular formula is C20H14BrCl2NO3S. The maximum absolute atomic E-state index is 12.4. The Balaban J connectivity index is 1.77. The third-order valence-electron chi connectivity index (χ3n) is 4.05. The van der Waals surface area contributed by atoms with E-state index in [-0.39, 0.29) is 23.6 Å². The van der Waals surface area contributed by atoms with Crippen molar-refractivity contribution < 1.29 is 14.7 Å². The number of thiophene rings is 1. The summed E-state index contributed by atoms with van der Waals surface area (Å²) < 4.78 is 0.899. The van der Waals surface area contributed by atoms with Gasteiger partial charge in [0, 0.05) is 26.3 Å². The molecule has 0 unspecified atom stereocenters. The maximum Gasteiger partial charge on any atom is 0.339 e. The van der Waals surface area contributed by atoms with Crippen molar-refractivity contribution in [3.05, 3.63) is 73.5 Å². The molecule has 144 valence electrons. The molecule has 0 saturated carbocycles. The largest absolute Gasteiger partial charge is 0.478 e. The number of benzene rings is 2. The lowest BCUT2D eigenvalue weighted by Crippen LogP contribution is -2.14. The Labute approximate surface area is 184 Å². The van der Waals surface area contributed by atoms with E-state index in [4.69, 9.17) is 23.2 Å². The Morgan fingerprint density at radius 2 is 1.71 bits per heavy atom. The number of carboxylic acids is 1. The topological polar surface area (TPSA) is 66.4 Å². The molecule has 0 atom stereocenters. The van der Waals surface area contributed by atoms with Gasteiger partial charge in [0.1, 0.15) is 5.56 Å². The van der Waals surface area contributed by atoms with Crippen molar-refractivity contribution >= 4 is 68.0 Å². The number of hydrogen-bond acceptors (Lipinski definition) is 3. The van der Waals surface area contributed by atoms with E-state index in [9.17, 15) is 14.7 Å². The Hall–Kier alpha value is -1.86. The Kier molecular flexibility index (Phi) is 6.78. The molecule has 0 aliphatic rings. The molecule has 0 radical (unpaired) electrons. The van der Waals surface area contributed by atoms with Gasteiger partial charge in [-0.1, -0.05) is 57.3 Å². The average Bonchev–Trinajstić information content (AvgIpc) is 3.05. The number of anilines is 1. The van der Waals surface area contributed by atoms with Crippen LogP contribution in [0.3, 0.4) is 0 Å². The number of hydrogen-bond donors (Lipinski definition) is 2. The van der Waals surface area contributed by atoms with Gasteiger partial charge < -0.3 is 10.4 Å². The number of amides is 1. The molecule has 3 aromatic rings. The lowest BCUT2D eigenvalue weighted by Gasteiger charge is -2.08. The van der Waals surface area contributed by atoms with E-state index in [1.807, 2.05) is 24.3 Å². The van der Waals surface area contributed by atoms with Crippen LogP contribution in [0.25, 0.3) is 10.4 Å². The molecular weight excluding hydrogens is 485 g/mol. The van der Waals surface area contributed by atoms with E-state index >= 15 is 0 Å². The molecule has 0 aliphatic carbocycles. The van der Waals surface area contributed by atoms with Gasteiger partial charge in [0.05, 0.1) is 10.6 Å². The highest BCUT2D eigenvalue weighted by atomic mass is 79.9. The van der Waals surface area contributed by atoms with Gasteiger partial charge in [-0.3, -0.25) is 4.79 Å². The quantitative estimate of drug-likeness (QED) is 0.394. The predicted octanol–water partition coefficient (Wildman–Crippen LogP) is 6.75. The van der Waals surface area contributed by atoms with Crippen LogP contribution in [0, 0.1) is 0 Å². The number of rotatable bonds is 6. The minimum atomic E-state index is -1.09. The summed E-state index contributed by atoms with van der Waals surface area (Å²) in [5.41, 5.74) is 1.83. The minimum absolute atomic E-state index is 0.0800. The second-order valence-corrected chi connectivity index (χ2v) is 8.52. The molecule has 0 spiro atoms. The number of aromatic carboxylic acids is 1. The van der Waals surface area contributed by atoms with Crippen molar-refractivity contribution in [1.82, 2.24) is 0 Å². The van der Waals surface area contributed by atoms with Crippen molar-refractivity contribution in [2.45, 2.75) is 12.8 Å². The monoisotopic (exact) mass is 497 g/mol. The van der Waals surface area contributed by atoms with Crippen molar-refractivity contribution in [3.63, 3.8) is 0 Å². The van der Waals surface area contributed by atoms with Crippen LogP contribution >= 0.6 is 50.5 Å². The van der Waals surface area contributed by atoms with Gasteiger partial charge in [-0.05, 0) is 41.8 Å².